The zero-order valence-corrected chi connectivity index (χ0v) is 19.4. The van der Waals surface area contributed by atoms with Gasteiger partial charge >= 0.3 is 5.97 Å². The van der Waals surface area contributed by atoms with Crippen LogP contribution in [0.5, 0.6) is 17.2 Å². The molecular formula is C24H20ClN3O7. The number of rotatable bonds is 9. The molecule has 3 rings (SSSR count). The van der Waals surface area contributed by atoms with Crippen molar-refractivity contribution in [1.82, 2.24) is 5.43 Å². The second kappa shape index (κ2) is 11.6. The van der Waals surface area contributed by atoms with Crippen molar-refractivity contribution in [3.05, 3.63) is 93.0 Å². The van der Waals surface area contributed by atoms with Gasteiger partial charge in [-0.1, -0.05) is 23.7 Å². The zero-order valence-electron chi connectivity index (χ0n) is 18.6. The number of hydrogen-bond acceptors (Lipinski definition) is 8. The zero-order chi connectivity index (χ0) is 25.4. The molecule has 35 heavy (non-hydrogen) atoms. The maximum atomic E-state index is 12.4. The van der Waals surface area contributed by atoms with Crippen molar-refractivity contribution in [2.45, 2.75) is 13.0 Å². The Hall–Kier alpha value is -4.44. The number of carbonyl (C=O) groups excluding carboxylic acids is 2. The maximum Gasteiger partial charge on any atom is 0.345 e. The van der Waals surface area contributed by atoms with E-state index in [0.29, 0.717) is 11.3 Å². The van der Waals surface area contributed by atoms with Gasteiger partial charge in [0, 0.05) is 12.1 Å². The summed E-state index contributed by atoms with van der Waals surface area (Å²) in [5, 5.41) is 14.9. The van der Waals surface area contributed by atoms with Crippen LogP contribution in [0.15, 0.2) is 71.8 Å². The van der Waals surface area contributed by atoms with Gasteiger partial charge < -0.3 is 14.2 Å². The number of benzene rings is 3. The van der Waals surface area contributed by atoms with E-state index in [-0.39, 0.29) is 27.8 Å². The first-order chi connectivity index (χ1) is 16.8. The van der Waals surface area contributed by atoms with Crippen LogP contribution in [0.2, 0.25) is 5.02 Å². The predicted molar refractivity (Wildman–Crippen MR) is 128 cm³/mol. The number of carbonyl (C=O) groups is 2. The van der Waals surface area contributed by atoms with Crippen LogP contribution < -0.4 is 19.6 Å². The Morgan fingerprint density at radius 2 is 1.80 bits per heavy atom. The number of amides is 1. The van der Waals surface area contributed by atoms with Crippen LogP contribution >= 0.6 is 11.6 Å². The van der Waals surface area contributed by atoms with Crippen LogP contribution in [0.3, 0.4) is 0 Å². The highest BCUT2D eigenvalue weighted by Gasteiger charge is 2.16. The highest BCUT2D eigenvalue weighted by Crippen LogP contribution is 2.29. The molecule has 0 heterocycles. The molecule has 0 saturated heterocycles. The van der Waals surface area contributed by atoms with Crippen molar-refractivity contribution in [1.29, 1.82) is 0 Å². The molecule has 0 fully saturated rings. The van der Waals surface area contributed by atoms with Gasteiger partial charge in [-0.3, -0.25) is 14.9 Å². The van der Waals surface area contributed by atoms with E-state index in [9.17, 15) is 19.7 Å². The Balaban J connectivity index is 1.59. The Labute approximate surface area is 205 Å². The Morgan fingerprint density at radius 3 is 2.46 bits per heavy atom. The van der Waals surface area contributed by atoms with Crippen molar-refractivity contribution in [3.8, 4) is 17.2 Å². The molecule has 11 heteroatoms. The van der Waals surface area contributed by atoms with Gasteiger partial charge in [-0.2, -0.15) is 5.10 Å². The van der Waals surface area contributed by atoms with Crippen molar-refractivity contribution >= 4 is 35.4 Å². The minimum atomic E-state index is -0.908. The smallest absolute Gasteiger partial charge is 0.345 e. The van der Waals surface area contributed by atoms with Crippen LogP contribution in [0.25, 0.3) is 0 Å². The Morgan fingerprint density at radius 1 is 1.09 bits per heavy atom. The van der Waals surface area contributed by atoms with E-state index in [1.807, 2.05) is 0 Å². The van der Waals surface area contributed by atoms with Gasteiger partial charge in [0.2, 0.25) is 0 Å². The number of nitro groups is 1. The number of halogens is 1. The molecule has 0 aromatic heterocycles. The highest BCUT2D eigenvalue weighted by atomic mass is 35.5. The first kappa shape index (κ1) is 25.2. The number of methoxy groups -OCH3 is 1. The molecule has 0 aliphatic rings. The fourth-order valence-electron chi connectivity index (χ4n) is 2.80. The average molecular weight is 498 g/mol. The first-order valence-electron chi connectivity index (χ1n) is 10.2. The van der Waals surface area contributed by atoms with Gasteiger partial charge in [0.1, 0.15) is 5.75 Å². The SMILES string of the molecule is COc1cc(C=NNC(=O)C(C)Oc2ccc([N+](=O)[O-])cc2)ccc1OC(=O)c1ccccc1Cl. The summed E-state index contributed by atoms with van der Waals surface area (Å²) < 4.78 is 16.1. The number of hydrogen-bond donors (Lipinski definition) is 1. The van der Waals surface area contributed by atoms with E-state index in [1.165, 1.54) is 50.6 Å². The molecular weight excluding hydrogens is 478 g/mol. The molecule has 180 valence electrons. The lowest BCUT2D eigenvalue weighted by atomic mass is 10.2. The number of hydrazone groups is 1. The summed E-state index contributed by atoms with van der Waals surface area (Å²) in [6.07, 6.45) is 0.466. The summed E-state index contributed by atoms with van der Waals surface area (Å²) >= 11 is 6.03. The van der Waals surface area contributed by atoms with Gasteiger partial charge in [0.05, 0.1) is 28.8 Å². The monoisotopic (exact) mass is 497 g/mol. The number of esters is 1. The molecule has 1 N–H and O–H groups in total. The van der Waals surface area contributed by atoms with Gasteiger partial charge in [0.15, 0.2) is 17.6 Å². The van der Waals surface area contributed by atoms with Crippen molar-refractivity contribution in [2.24, 2.45) is 5.10 Å². The van der Waals surface area contributed by atoms with Gasteiger partial charge in [-0.15, -0.1) is 0 Å². The maximum absolute atomic E-state index is 12.4. The number of ether oxygens (including phenoxy) is 3. The number of nitrogens with zero attached hydrogens (tertiary/aromatic N) is 2. The topological polar surface area (TPSA) is 129 Å². The minimum Gasteiger partial charge on any atom is -0.493 e. The highest BCUT2D eigenvalue weighted by molar-refractivity contribution is 6.33. The normalized spacial score (nSPS) is 11.5. The lowest BCUT2D eigenvalue weighted by Gasteiger charge is -2.12. The third-order valence-corrected chi connectivity index (χ3v) is 4.93. The molecule has 0 radical (unpaired) electrons. The molecule has 1 atom stereocenters. The van der Waals surface area contributed by atoms with Gasteiger partial charge in [-0.25, -0.2) is 10.2 Å². The molecule has 3 aromatic carbocycles. The molecule has 0 aliphatic heterocycles. The largest absolute Gasteiger partial charge is 0.493 e. The van der Waals surface area contributed by atoms with Crippen LogP contribution in [0.4, 0.5) is 5.69 Å². The summed E-state index contributed by atoms with van der Waals surface area (Å²) in [5.74, 6) is -0.408. The van der Waals surface area contributed by atoms with E-state index in [1.54, 1.807) is 36.4 Å². The fraction of sp³-hybridized carbons (Fsp3) is 0.125. The predicted octanol–water partition coefficient (Wildman–Crippen LogP) is 4.39. The second-order valence-electron chi connectivity index (χ2n) is 7.03. The lowest BCUT2D eigenvalue weighted by molar-refractivity contribution is -0.384. The standard InChI is InChI=1S/C24H20ClN3O7/c1-15(34-18-10-8-17(9-11-18)28(31)32)23(29)27-26-14-16-7-12-21(22(13-16)33-2)35-24(30)19-5-3-4-6-20(19)25/h3-15H,1-2H3,(H,27,29). The summed E-state index contributed by atoms with van der Waals surface area (Å²) in [6, 6.07) is 16.6. The molecule has 10 nitrogen and oxygen atoms in total. The molecule has 0 spiro atoms. The summed E-state index contributed by atoms with van der Waals surface area (Å²) in [4.78, 5) is 34.8. The molecule has 0 bridgehead atoms. The van der Waals surface area contributed by atoms with Crippen LogP contribution in [0, 0.1) is 10.1 Å². The third kappa shape index (κ3) is 6.78. The fourth-order valence-corrected chi connectivity index (χ4v) is 3.01. The number of non-ortho nitro benzene ring substituents is 1. The van der Waals surface area contributed by atoms with Crippen LogP contribution in [-0.4, -0.2) is 36.2 Å². The molecule has 1 unspecified atom stereocenters. The molecule has 1 amide bonds. The molecule has 3 aromatic rings. The van der Waals surface area contributed by atoms with E-state index in [0.717, 1.165) is 0 Å². The summed E-state index contributed by atoms with van der Waals surface area (Å²) in [5.41, 5.74) is 3.04. The average Bonchev–Trinajstić information content (AvgIpc) is 2.85. The van der Waals surface area contributed by atoms with E-state index in [2.05, 4.69) is 10.5 Å². The minimum absolute atomic E-state index is 0.0841. The molecule has 0 aliphatic carbocycles. The molecule has 0 saturated carbocycles. The van der Waals surface area contributed by atoms with E-state index >= 15 is 0 Å². The van der Waals surface area contributed by atoms with Crippen molar-refractivity contribution in [2.75, 3.05) is 7.11 Å². The van der Waals surface area contributed by atoms with E-state index < -0.39 is 22.9 Å². The van der Waals surface area contributed by atoms with Crippen LogP contribution in [-0.2, 0) is 4.79 Å². The number of nitrogens with one attached hydrogen (secondary N) is 1. The lowest BCUT2D eigenvalue weighted by Crippen LogP contribution is -2.33. The summed E-state index contributed by atoms with van der Waals surface area (Å²) in [7, 11) is 1.42. The van der Waals surface area contributed by atoms with E-state index in [4.69, 9.17) is 25.8 Å². The van der Waals surface area contributed by atoms with Gasteiger partial charge in [0.25, 0.3) is 11.6 Å². The number of nitro benzene ring substituents is 1. The third-order valence-electron chi connectivity index (χ3n) is 4.60. The Kier molecular flexibility index (Phi) is 8.36. The quantitative estimate of drug-likeness (QED) is 0.152. The van der Waals surface area contributed by atoms with Crippen molar-refractivity contribution in [3.63, 3.8) is 0 Å². The summed E-state index contributed by atoms with van der Waals surface area (Å²) in [6.45, 7) is 1.51. The second-order valence-corrected chi connectivity index (χ2v) is 7.43. The van der Waals surface area contributed by atoms with Gasteiger partial charge in [-0.05, 0) is 55.0 Å². The Bertz CT molecular complexity index is 1260. The first-order valence-corrected chi connectivity index (χ1v) is 10.5. The van der Waals surface area contributed by atoms with Crippen molar-refractivity contribution < 1.29 is 28.7 Å². The van der Waals surface area contributed by atoms with Crippen LogP contribution in [0.1, 0.15) is 22.8 Å².